The molecule has 6 nitrogen and oxygen atoms in total. The van der Waals surface area contributed by atoms with Crippen LogP contribution in [0.2, 0.25) is 5.02 Å². The average Bonchev–Trinajstić information content (AvgIpc) is 3.50. The third-order valence-corrected chi connectivity index (χ3v) is 6.75. The second kappa shape index (κ2) is 7.57. The molecular formula is C25H19ClFN3O3. The van der Waals surface area contributed by atoms with Crippen molar-refractivity contribution in [2.24, 2.45) is 0 Å². The van der Waals surface area contributed by atoms with Crippen LogP contribution in [0.5, 0.6) is 0 Å². The van der Waals surface area contributed by atoms with Gasteiger partial charge in [0.25, 0.3) is 11.8 Å². The second-order valence-corrected chi connectivity index (χ2v) is 8.82. The van der Waals surface area contributed by atoms with Gasteiger partial charge in [-0.3, -0.25) is 14.9 Å². The summed E-state index contributed by atoms with van der Waals surface area (Å²) in [7, 11) is 0. The first-order valence-corrected chi connectivity index (χ1v) is 11.2. The van der Waals surface area contributed by atoms with Crippen molar-refractivity contribution in [3.63, 3.8) is 0 Å². The van der Waals surface area contributed by atoms with Crippen molar-refractivity contribution in [3.8, 4) is 0 Å². The van der Waals surface area contributed by atoms with E-state index in [1.54, 1.807) is 18.2 Å². The number of nitrogens with zero attached hydrogens (tertiary/aromatic N) is 1. The fourth-order valence-corrected chi connectivity index (χ4v) is 5.18. The van der Waals surface area contributed by atoms with Crippen LogP contribution >= 0.6 is 11.6 Å². The number of aromatic nitrogens is 1. The predicted molar refractivity (Wildman–Crippen MR) is 124 cm³/mol. The Balaban J connectivity index is 1.66. The topological polar surface area (TPSA) is 76.3 Å². The van der Waals surface area contributed by atoms with E-state index in [1.165, 1.54) is 12.3 Å². The highest BCUT2D eigenvalue weighted by Gasteiger charge is 2.37. The van der Waals surface area contributed by atoms with Gasteiger partial charge in [0, 0.05) is 39.1 Å². The summed E-state index contributed by atoms with van der Waals surface area (Å²) in [5.74, 6) is -1.85. The molecule has 2 amide bonds. The zero-order valence-electron chi connectivity index (χ0n) is 17.5. The molecule has 0 spiro atoms. The minimum absolute atomic E-state index is 0.0133. The Kier molecular flexibility index (Phi) is 4.64. The van der Waals surface area contributed by atoms with Crippen molar-refractivity contribution >= 4 is 56.4 Å². The fraction of sp³-hybridized carbons (Fsp3) is 0.200. The number of amides is 2. The number of rotatable bonds is 3. The molecule has 166 valence electrons. The number of halogens is 2. The molecule has 2 aromatic carbocycles. The lowest BCUT2D eigenvalue weighted by atomic mass is 9.94. The molecule has 33 heavy (non-hydrogen) atoms. The molecular weight excluding hydrogens is 445 g/mol. The van der Waals surface area contributed by atoms with Crippen LogP contribution < -0.4 is 10.6 Å². The molecule has 0 aliphatic carbocycles. The van der Waals surface area contributed by atoms with Gasteiger partial charge in [0.05, 0.1) is 23.0 Å². The molecule has 1 fully saturated rings. The molecule has 0 saturated carbocycles. The lowest BCUT2D eigenvalue weighted by molar-refractivity contribution is -0.122. The van der Waals surface area contributed by atoms with Gasteiger partial charge in [0.15, 0.2) is 0 Å². The lowest BCUT2D eigenvalue weighted by Gasteiger charge is -2.25. The Labute approximate surface area is 193 Å². The van der Waals surface area contributed by atoms with Crippen LogP contribution in [0.25, 0.3) is 33.0 Å². The van der Waals surface area contributed by atoms with Crippen molar-refractivity contribution in [2.45, 2.75) is 18.9 Å². The molecule has 8 heteroatoms. The van der Waals surface area contributed by atoms with E-state index in [1.807, 2.05) is 18.3 Å². The van der Waals surface area contributed by atoms with Crippen LogP contribution in [0, 0.1) is 5.82 Å². The predicted octanol–water partition coefficient (Wildman–Crippen LogP) is 4.67. The first-order chi connectivity index (χ1) is 16.0. The molecule has 0 unspecified atom stereocenters. The average molecular weight is 464 g/mol. The largest absolute Gasteiger partial charge is 0.464 e. The Morgan fingerprint density at radius 3 is 2.64 bits per heavy atom. The Morgan fingerprint density at radius 2 is 1.82 bits per heavy atom. The zero-order chi connectivity index (χ0) is 22.7. The van der Waals surface area contributed by atoms with Crippen LogP contribution in [0.1, 0.15) is 30.0 Å². The van der Waals surface area contributed by atoms with Crippen molar-refractivity contribution < 1.29 is 18.4 Å². The number of fused-ring (bicyclic) bond motifs is 2. The van der Waals surface area contributed by atoms with Crippen LogP contribution in [0.4, 0.5) is 4.39 Å². The van der Waals surface area contributed by atoms with Gasteiger partial charge in [-0.05, 0) is 62.3 Å². The number of imide groups is 1. The zero-order valence-corrected chi connectivity index (χ0v) is 18.2. The maximum absolute atomic E-state index is 15.1. The van der Waals surface area contributed by atoms with Gasteiger partial charge >= 0.3 is 0 Å². The summed E-state index contributed by atoms with van der Waals surface area (Å²) in [6.45, 7) is 1.79. The number of carbonyl (C=O) groups excluding carboxylic acids is 2. The van der Waals surface area contributed by atoms with Gasteiger partial charge in [0.1, 0.15) is 11.4 Å². The summed E-state index contributed by atoms with van der Waals surface area (Å²) in [6, 6.07) is 10.3. The van der Waals surface area contributed by atoms with Gasteiger partial charge in [-0.15, -0.1) is 0 Å². The van der Waals surface area contributed by atoms with Gasteiger partial charge in [-0.25, -0.2) is 4.39 Å². The van der Waals surface area contributed by atoms with Crippen LogP contribution in [-0.4, -0.2) is 29.5 Å². The smallest absolute Gasteiger partial charge is 0.259 e. The van der Waals surface area contributed by atoms with E-state index in [4.69, 9.17) is 16.0 Å². The molecule has 0 bridgehead atoms. The number of benzene rings is 2. The summed E-state index contributed by atoms with van der Waals surface area (Å²) < 4.78 is 22.8. The number of hydrogen-bond donors (Lipinski definition) is 2. The molecule has 2 aliphatic rings. The number of carbonyl (C=O) groups is 2. The highest BCUT2D eigenvalue weighted by Crippen LogP contribution is 2.41. The fourth-order valence-electron chi connectivity index (χ4n) is 5.01. The van der Waals surface area contributed by atoms with E-state index in [0.29, 0.717) is 16.0 Å². The van der Waals surface area contributed by atoms with Crippen molar-refractivity contribution in [3.05, 3.63) is 70.8 Å². The van der Waals surface area contributed by atoms with Crippen LogP contribution in [0.15, 0.2) is 53.3 Å². The summed E-state index contributed by atoms with van der Waals surface area (Å²) in [5.41, 5.74) is 1.78. The molecule has 1 saturated heterocycles. The quantitative estimate of drug-likeness (QED) is 0.433. The Bertz CT molecular complexity index is 1490. The minimum atomic E-state index is -0.650. The van der Waals surface area contributed by atoms with Crippen molar-refractivity contribution in [1.29, 1.82) is 0 Å². The third kappa shape index (κ3) is 3.11. The van der Waals surface area contributed by atoms with E-state index < -0.39 is 17.6 Å². The molecule has 2 N–H and O–H groups in total. The Morgan fingerprint density at radius 1 is 1.03 bits per heavy atom. The summed E-state index contributed by atoms with van der Waals surface area (Å²) in [5, 5.41) is 7.61. The molecule has 0 atom stereocenters. The van der Waals surface area contributed by atoms with Crippen molar-refractivity contribution in [1.82, 2.24) is 15.2 Å². The van der Waals surface area contributed by atoms with E-state index in [0.717, 1.165) is 36.8 Å². The highest BCUT2D eigenvalue weighted by atomic mass is 35.5. The number of nitrogens with one attached hydrogen (secondary N) is 2. The molecule has 4 aromatic rings. The maximum Gasteiger partial charge on any atom is 0.259 e. The molecule has 2 aromatic heterocycles. The van der Waals surface area contributed by atoms with Gasteiger partial charge in [0.2, 0.25) is 0 Å². The van der Waals surface area contributed by atoms with Crippen LogP contribution in [0.3, 0.4) is 0 Å². The first-order valence-electron chi connectivity index (χ1n) is 10.8. The van der Waals surface area contributed by atoms with Gasteiger partial charge in [-0.2, -0.15) is 0 Å². The van der Waals surface area contributed by atoms with E-state index in [-0.39, 0.29) is 28.3 Å². The lowest BCUT2D eigenvalue weighted by Crippen LogP contribution is -2.29. The first kappa shape index (κ1) is 20.2. The normalized spacial score (nSPS) is 17.5. The van der Waals surface area contributed by atoms with Crippen LogP contribution in [-0.2, 0) is 9.59 Å². The number of furan rings is 1. The van der Waals surface area contributed by atoms with Gasteiger partial charge in [-0.1, -0.05) is 11.6 Å². The Hall–Kier alpha value is -3.42. The highest BCUT2D eigenvalue weighted by molar-refractivity contribution is 6.50. The molecule has 6 rings (SSSR count). The number of piperidine rings is 1. The monoisotopic (exact) mass is 463 g/mol. The second-order valence-electron chi connectivity index (χ2n) is 8.39. The minimum Gasteiger partial charge on any atom is -0.464 e. The summed E-state index contributed by atoms with van der Waals surface area (Å²) >= 11 is 6.32. The van der Waals surface area contributed by atoms with E-state index in [2.05, 4.69) is 15.2 Å². The number of hydrogen-bond acceptors (Lipinski definition) is 4. The van der Waals surface area contributed by atoms with Crippen molar-refractivity contribution in [2.75, 3.05) is 13.1 Å². The summed E-state index contributed by atoms with van der Waals surface area (Å²) in [4.78, 5) is 26.0. The molecule has 4 heterocycles. The summed E-state index contributed by atoms with van der Waals surface area (Å²) in [6.07, 6.45) is 5.20. The SMILES string of the molecule is O=C1NC(=O)C(c2c(F)ccc3ccoc23)=C1c1cn(C2CCNCC2)c2ccc(Cl)cc12. The standard InChI is InChI=1S/C25H19ClFN3O3/c26-14-2-4-19-16(11-14)17(12-30(19)15-5-8-28-9-6-15)20-22(25(32)29-24(20)31)21-18(27)3-1-13-7-10-33-23(13)21/h1-4,7,10-12,15,28H,5-6,8-9H2,(H,29,31,32). The van der Waals surface area contributed by atoms with E-state index >= 15 is 4.39 Å². The maximum atomic E-state index is 15.1. The van der Waals surface area contributed by atoms with E-state index in [9.17, 15) is 9.59 Å². The van der Waals surface area contributed by atoms with Gasteiger partial charge < -0.3 is 14.3 Å². The molecule has 2 aliphatic heterocycles. The molecule has 0 radical (unpaired) electrons. The third-order valence-electron chi connectivity index (χ3n) is 6.52.